The molecule has 1 aliphatic rings. The largest absolute Gasteiger partial charge is 0.328 e. The van der Waals surface area contributed by atoms with Crippen molar-refractivity contribution in [3.8, 4) is 0 Å². The Balaban J connectivity index is 1.77. The number of nitrogens with zero attached hydrogens (tertiary/aromatic N) is 2. The van der Waals surface area contributed by atoms with E-state index in [2.05, 4.69) is 11.3 Å². The van der Waals surface area contributed by atoms with Gasteiger partial charge in [0.05, 0.1) is 6.20 Å². The van der Waals surface area contributed by atoms with Crippen LogP contribution in [0.25, 0.3) is 0 Å². The first-order valence-corrected chi connectivity index (χ1v) is 5.97. The number of rotatable bonds is 3. The van der Waals surface area contributed by atoms with E-state index in [4.69, 9.17) is 5.73 Å². The van der Waals surface area contributed by atoms with Gasteiger partial charge in [0.1, 0.15) is 0 Å². The van der Waals surface area contributed by atoms with Crippen LogP contribution in [-0.4, -0.2) is 15.8 Å². The highest BCUT2D eigenvalue weighted by Gasteiger charge is 2.18. The van der Waals surface area contributed by atoms with Crippen LogP contribution in [-0.2, 0) is 13.5 Å². The normalized spacial score (nSPS) is 26.8. The molecule has 0 amide bonds. The lowest BCUT2D eigenvalue weighted by atomic mass is 9.83. The predicted octanol–water partition coefficient (Wildman–Crippen LogP) is 1.87. The fourth-order valence-electron chi connectivity index (χ4n) is 2.57. The summed E-state index contributed by atoms with van der Waals surface area (Å²) in [5.74, 6) is 0.842. The molecule has 84 valence electrons. The molecule has 0 spiro atoms. The van der Waals surface area contributed by atoms with Crippen LogP contribution in [0, 0.1) is 5.92 Å². The molecule has 0 aliphatic heterocycles. The van der Waals surface area contributed by atoms with Gasteiger partial charge in [-0.2, -0.15) is 5.10 Å². The lowest BCUT2D eigenvalue weighted by Gasteiger charge is -2.26. The summed E-state index contributed by atoms with van der Waals surface area (Å²) in [6.07, 6.45) is 11.7. The van der Waals surface area contributed by atoms with Gasteiger partial charge in [0.25, 0.3) is 0 Å². The van der Waals surface area contributed by atoms with E-state index < -0.39 is 0 Å². The van der Waals surface area contributed by atoms with E-state index in [1.54, 1.807) is 0 Å². The van der Waals surface area contributed by atoms with Crippen molar-refractivity contribution in [1.29, 1.82) is 0 Å². The van der Waals surface area contributed by atoms with Crippen LogP contribution in [0.2, 0.25) is 0 Å². The average Bonchev–Trinajstić information content (AvgIpc) is 2.62. The van der Waals surface area contributed by atoms with Gasteiger partial charge >= 0.3 is 0 Å². The smallest absolute Gasteiger partial charge is 0.0521 e. The van der Waals surface area contributed by atoms with Gasteiger partial charge in [0, 0.05) is 19.3 Å². The van der Waals surface area contributed by atoms with E-state index in [1.165, 1.54) is 37.7 Å². The number of nitrogens with two attached hydrogens (primary N) is 1. The van der Waals surface area contributed by atoms with Crippen LogP contribution < -0.4 is 5.73 Å². The third-order valence-electron chi connectivity index (χ3n) is 3.42. The minimum Gasteiger partial charge on any atom is -0.328 e. The number of aryl methyl sites for hydroxylation is 2. The molecule has 15 heavy (non-hydrogen) atoms. The molecule has 2 N–H and O–H groups in total. The topological polar surface area (TPSA) is 43.8 Å². The molecule has 0 radical (unpaired) electrons. The van der Waals surface area contributed by atoms with Gasteiger partial charge in [-0.1, -0.05) is 12.8 Å². The summed E-state index contributed by atoms with van der Waals surface area (Å²) in [5.41, 5.74) is 7.34. The molecule has 1 saturated carbocycles. The van der Waals surface area contributed by atoms with Crippen molar-refractivity contribution in [3.05, 3.63) is 18.0 Å². The van der Waals surface area contributed by atoms with E-state index in [-0.39, 0.29) is 0 Å². The summed E-state index contributed by atoms with van der Waals surface area (Å²) in [6.45, 7) is 0. The Kier molecular flexibility index (Phi) is 3.41. The molecule has 3 heteroatoms. The second kappa shape index (κ2) is 4.79. The van der Waals surface area contributed by atoms with Crippen molar-refractivity contribution in [2.75, 3.05) is 0 Å². The second-order valence-corrected chi connectivity index (χ2v) is 4.85. The highest BCUT2D eigenvalue weighted by Crippen LogP contribution is 2.26. The molecule has 0 saturated heterocycles. The summed E-state index contributed by atoms with van der Waals surface area (Å²) in [4.78, 5) is 0. The maximum atomic E-state index is 5.98. The van der Waals surface area contributed by atoms with Crippen molar-refractivity contribution in [2.45, 2.75) is 44.6 Å². The zero-order valence-electron chi connectivity index (χ0n) is 9.52. The van der Waals surface area contributed by atoms with Crippen molar-refractivity contribution in [3.63, 3.8) is 0 Å². The first kappa shape index (κ1) is 10.7. The molecule has 1 heterocycles. The van der Waals surface area contributed by atoms with Gasteiger partial charge in [-0.25, -0.2) is 0 Å². The number of aromatic nitrogens is 2. The molecule has 2 rings (SSSR count). The average molecular weight is 207 g/mol. The minimum absolute atomic E-state index is 0.456. The third kappa shape index (κ3) is 3.06. The SMILES string of the molecule is Cn1cc(CCC2CCCC(N)C2)cn1. The summed E-state index contributed by atoms with van der Waals surface area (Å²) >= 11 is 0. The van der Waals surface area contributed by atoms with Gasteiger partial charge in [-0.15, -0.1) is 0 Å². The Morgan fingerprint density at radius 3 is 3.07 bits per heavy atom. The van der Waals surface area contributed by atoms with Crippen LogP contribution >= 0.6 is 0 Å². The monoisotopic (exact) mass is 207 g/mol. The lowest BCUT2D eigenvalue weighted by Crippen LogP contribution is -2.27. The van der Waals surface area contributed by atoms with Gasteiger partial charge < -0.3 is 5.73 Å². The Morgan fingerprint density at radius 1 is 1.53 bits per heavy atom. The lowest BCUT2D eigenvalue weighted by molar-refractivity contribution is 0.307. The first-order valence-electron chi connectivity index (χ1n) is 5.97. The second-order valence-electron chi connectivity index (χ2n) is 4.85. The van der Waals surface area contributed by atoms with Crippen LogP contribution in [0.3, 0.4) is 0 Å². The Labute approximate surface area is 91.7 Å². The van der Waals surface area contributed by atoms with E-state index in [0.29, 0.717) is 6.04 Å². The van der Waals surface area contributed by atoms with Crippen LogP contribution in [0.4, 0.5) is 0 Å². The molecule has 2 atom stereocenters. The summed E-state index contributed by atoms with van der Waals surface area (Å²) in [7, 11) is 1.97. The molecule has 1 aliphatic carbocycles. The molecule has 2 unspecified atom stereocenters. The van der Waals surface area contributed by atoms with E-state index in [0.717, 1.165) is 12.3 Å². The Hall–Kier alpha value is -0.830. The van der Waals surface area contributed by atoms with Crippen molar-refractivity contribution < 1.29 is 0 Å². The fourth-order valence-corrected chi connectivity index (χ4v) is 2.57. The maximum absolute atomic E-state index is 5.98. The Morgan fingerprint density at radius 2 is 2.40 bits per heavy atom. The zero-order chi connectivity index (χ0) is 10.7. The molecule has 3 nitrogen and oxygen atoms in total. The quantitative estimate of drug-likeness (QED) is 0.822. The van der Waals surface area contributed by atoms with Crippen LogP contribution in [0.15, 0.2) is 12.4 Å². The van der Waals surface area contributed by atoms with Crippen molar-refractivity contribution >= 4 is 0 Å². The molecular weight excluding hydrogens is 186 g/mol. The van der Waals surface area contributed by atoms with E-state index in [9.17, 15) is 0 Å². The Bertz CT molecular complexity index is 306. The van der Waals surface area contributed by atoms with E-state index >= 15 is 0 Å². The molecule has 1 aromatic rings. The van der Waals surface area contributed by atoms with E-state index in [1.807, 2.05) is 17.9 Å². The highest BCUT2D eigenvalue weighted by molar-refractivity contribution is 5.03. The van der Waals surface area contributed by atoms with Gasteiger partial charge in [0.15, 0.2) is 0 Å². The first-order chi connectivity index (χ1) is 7.24. The fraction of sp³-hybridized carbons (Fsp3) is 0.750. The van der Waals surface area contributed by atoms with Crippen molar-refractivity contribution in [1.82, 2.24) is 9.78 Å². The van der Waals surface area contributed by atoms with Crippen LogP contribution in [0.1, 0.15) is 37.7 Å². The highest BCUT2D eigenvalue weighted by atomic mass is 15.2. The molecular formula is C12H21N3. The summed E-state index contributed by atoms with van der Waals surface area (Å²) < 4.78 is 1.88. The van der Waals surface area contributed by atoms with Crippen molar-refractivity contribution in [2.24, 2.45) is 18.7 Å². The number of hydrogen-bond acceptors (Lipinski definition) is 2. The van der Waals surface area contributed by atoms with Gasteiger partial charge in [-0.05, 0) is 37.2 Å². The summed E-state index contributed by atoms with van der Waals surface area (Å²) in [6, 6.07) is 0.456. The zero-order valence-corrected chi connectivity index (χ0v) is 9.52. The summed E-state index contributed by atoms with van der Waals surface area (Å²) in [5, 5.41) is 4.19. The van der Waals surface area contributed by atoms with Crippen LogP contribution in [0.5, 0.6) is 0 Å². The van der Waals surface area contributed by atoms with Gasteiger partial charge in [0.2, 0.25) is 0 Å². The molecule has 1 aromatic heterocycles. The molecule has 1 fully saturated rings. The minimum atomic E-state index is 0.456. The predicted molar refractivity (Wildman–Crippen MR) is 61.5 cm³/mol. The number of hydrogen-bond donors (Lipinski definition) is 1. The standard InChI is InChI=1S/C12H21N3/c1-15-9-11(8-14-15)6-5-10-3-2-4-12(13)7-10/h8-10,12H,2-7,13H2,1H3. The van der Waals surface area contributed by atoms with Gasteiger partial charge in [-0.3, -0.25) is 4.68 Å². The molecule has 0 bridgehead atoms. The maximum Gasteiger partial charge on any atom is 0.0521 e. The third-order valence-corrected chi connectivity index (χ3v) is 3.42. The molecule has 0 aromatic carbocycles.